The zero-order valence-corrected chi connectivity index (χ0v) is 9.31. The maximum Gasteiger partial charge on any atom is 0.203 e. The molecule has 1 aliphatic rings. The Morgan fingerprint density at radius 2 is 2.31 bits per heavy atom. The molecule has 1 atom stereocenters. The SMILES string of the molecule is CN(c1nc2ccccc2[nH]1)C1CCOC1. The van der Waals surface area contributed by atoms with Gasteiger partial charge in [-0.2, -0.15) is 0 Å². The average molecular weight is 217 g/mol. The van der Waals surface area contributed by atoms with Crippen LogP contribution in [0, 0.1) is 0 Å². The van der Waals surface area contributed by atoms with Gasteiger partial charge in [-0.3, -0.25) is 0 Å². The van der Waals surface area contributed by atoms with Gasteiger partial charge in [0.15, 0.2) is 0 Å². The molecule has 16 heavy (non-hydrogen) atoms. The fraction of sp³-hybridized carbons (Fsp3) is 0.417. The number of fused-ring (bicyclic) bond motifs is 1. The monoisotopic (exact) mass is 217 g/mol. The summed E-state index contributed by atoms with van der Waals surface area (Å²) in [5.74, 6) is 0.928. The third kappa shape index (κ3) is 1.55. The van der Waals surface area contributed by atoms with Crippen molar-refractivity contribution in [2.45, 2.75) is 12.5 Å². The van der Waals surface area contributed by atoms with Gasteiger partial charge in [0.25, 0.3) is 0 Å². The molecule has 1 fully saturated rings. The second-order valence-electron chi connectivity index (χ2n) is 4.21. The van der Waals surface area contributed by atoms with E-state index >= 15 is 0 Å². The molecule has 0 aliphatic carbocycles. The Balaban J connectivity index is 1.92. The molecule has 0 spiro atoms. The third-order valence-electron chi connectivity index (χ3n) is 3.16. The minimum atomic E-state index is 0.445. The van der Waals surface area contributed by atoms with Crippen LogP contribution in [-0.2, 0) is 4.74 Å². The van der Waals surface area contributed by atoms with Gasteiger partial charge >= 0.3 is 0 Å². The number of aromatic nitrogens is 2. The zero-order valence-electron chi connectivity index (χ0n) is 9.31. The van der Waals surface area contributed by atoms with Gasteiger partial charge < -0.3 is 14.6 Å². The summed E-state index contributed by atoms with van der Waals surface area (Å²) in [4.78, 5) is 10.1. The Morgan fingerprint density at radius 1 is 1.44 bits per heavy atom. The van der Waals surface area contributed by atoms with Gasteiger partial charge in [-0.1, -0.05) is 12.1 Å². The maximum absolute atomic E-state index is 5.39. The van der Waals surface area contributed by atoms with Gasteiger partial charge in [-0.05, 0) is 18.6 Å². The van der Waals surface area contributed by atoms with Crippen LogP contribution < -0.4 is 4.90 Å². The van der Waals surface area contributed by atoms with Gasteiger partial charge in [0.2, 0.25) is 5.95 Å². The second kappa shape index (κ2) is 3.79. The van der Waals surface area contributed by atoms with E-state index in [1.165, 1.54) is 0 Å². The van der Waals surface area contributed by atoms with Crippen molar-refractivity contribution >= 4 is 17.0 Å². The quantitative estimate of drug-likeness (QED) is 0.833. The fourth-order valence-corrected chi connectivity index (χ4v) is 2.11. The van der Waals surface area contributed by atoms with Crippen LogP contribution in [0.3, 0.4) is 0 Å². The lowest BCUT2D eigenvalue weighted by Gasteiger charge is -2.21. The first-order valence-corrected chi connectivity index (χ1v) is 5.60. The molecule has 2 aromatic rings. The minimum Gasteiger partial charge on any atom is -0.379 e. The van der Waals surface area contributed by atoms with E-state index in [0.717, 1.165) is 36.6 Å². The van der Waals surface area contributed by atoms with E-state index in [-0.39, 0.29) is 0 Å². The number of nitrogens with one attached hydrogen (secondary N) is 1. The minimum absolute atomic E-state index is 0.445. The van der Waals surface area contributed by atoms with Crippen LogP contribution in [0.5, 0.6) is 0 Å². The number of benzene rings is 1. The van der Waals surface area contributed by atoms with Crippen LogP contribution in [0.2, 0.25) is 0 Å². The highest BCUT2D eigenvalue weighted by Gasteiger charge is 2.22. The van der Waals surface area contributed by atoms with Gasteiger partial charge in [0.1, 0.15) is 0 Å². The molecule has 1 aliphatic heterocycles. The Bertz CT molecular complexity index is 455. The smallest absolute Gasteiger partial charge is 0.203 e. The molecular formula is C12H15N3O. The van der Waals surface area contributed by atoms with E-state index in [2.05, 4.69) is 21.9 Å². The molecule has 1 aromatic carbocycles. The van der Waals surface area contributed by atoms with E-state index < -0.39 is 0 Å². The van der Waals surface area contributed by atoms with Gasteiger partial charge in [0, 0.05) is 13.7 Å². The Morgan fingerprint density at radius 3 is 3.06 bits per heavy atom. The first-order valence-electron chi connectivity index (χ1n) is 5.60. The summed E-state index contributed by atoms with van der Waals surface area (Å²) in [6.07, 6.45) is 1.08. The molecule has 0 bridgehead atoms. The Hall–Kier alpha value is -1.55. The molecule has 1 N–H and O–H groups in total. The van der Waals surface area contributed by atoms with Crippen LogP contribution in [-0.4, -0.2) is 36.3 Å². The first kappa shape index (κ1) is 9.66. The first-order chi connectivity index (χ1) is 7.84. The van der Waals surface area contributed by atoms with Gasteiger partial charge in [0.05, 0.1) is 23.7 Å². The number of rotatable bonds is 2. The highest BCUT2D eigenvalue weighted by Crippen LogP contribution is 2.20. The number of H-pyrrole nitrogens is 1. The predicted molar refractivity (Wildman–Crippen MR) is 63.7 cm³/mol. The summed E-state index contributed by atoms with van der Waals surface area (Å²) < 4.78 is 5.39. The van der Waals surface area contributed by atoms with Crippen molar-refractivity contribution in [3.05, 3.63) is 24.3 Å². The normalized spacial score (nSPS) is 20.4. The molecule has 1 unspecified atom stereocenters. The second-order valence-corrected chi connectivity index (χ2v) is 4.21. The Kier molecular flexibility index (Phi) is 2.29. The summed E-state index contributed by atoms with van der Waals surface area (Å²) in [5.41, 5.74) is 2.10. The number of hydrogen-bond donors (Lipinski definition) is 1. The third-order valence-corrected chi connectivity index (χ3v) is 3.16. The van der Waals surface area contributed by atoms with Crippen LogP contribution in [0.15, 0.2) is 24.3 Å². The largest absolute Gasteiger partial charge is 0.379 e. The molecule has 2 heterocycles. The molecule has 4 nitrogen and oxygen atoms in total. The maximum atomic E-state index is 5.39. The standard InChI is InChI=1S/C12H15N3O/c1-15(9-6-7-16-8-9)12-13-10-4-2-3-5-11(10)14-12/h2-5,9H,6-8H2,1H3,(H,13,14). The topological polar surface area (TPSA) is 41.2 Å². The van der Waals surface area contributed by atoms with E-state index in [1.54, 1.807) is 0 Å². The fourth-order valence-electron chi connectivity index (χ4n) is 2.11. The molecule has 0 amide bonds. The number of imidazole rings is 1. The van der Waals surface area contributed by atoms with Crippen molar-refractivity contribution in [1.29, 1.82) is 0 Å². The van der Waals surface area contributed by atoms with Crippen molar-refractivity contribution in [1.82, 2.24) is 9.97 Å². The summed E-state index contributed by atoms with van der Waals surface area (Å²) in [6, 6.07) is 8.54. The molecule has 0 radical (unpaired) electrons. The molecular weight excluding hydrogens is 202 g/mol. The molecule has 1 saturated heterocycles. The number of para-hydroxylation sites is 2. The molecule has 84 valence electrons. The van der Waals surface area contributed by atoms with E-state index in [0.29, 0.717) is 6.04 Å². The van der Waals surface area contributed by atoms with Crippen molar-refractivity contribution in [3.8, 4) is 0 Å². The summed E-state index contributed by atoms with van der Waals surface area (Å²) in [6.45, 7) is 1.66. The number of likely N-dealkylation sites (N-methyl/N-ethyl adjacent to an activating group) is 1. The molecule has 4 heteroatoms. The lowest BCUT2D eigenvalue weighted by molar-refractivity contribution is 0.193. The van der Waals surface area contributed by atoms with E-state index in [1.807, 2.05) is 24.3 Å². The number of ether oxygens (including phenoxy) is 1. The molecule has 3 rings (SSSR count). The molecule has 0 saturated carbocycles. The lowest BCUT2D eigenvalue weighted by Crippen LogP contribution is -2.32. The highest BCUT2D eigenvalue weighted by atomic mass is 16.5. The van der Waals surface area contributed by atoms with Crippen LogP contribution >= 0.6 is 0 Å². The van der Waals surface area contributed by atoms with E-state index in [4.69, 9.17) is 4.74 Å². The van der Waals surface area contributed by atoms with Crippen molar-refractivity contribution in [2.75, 3.05) is 25.2 Å². The molecule has 1 aromatic heterocycles. The Labute approximate surface area is 94.2 Å². The van der Waals surface area contributed by atoms with Crippen molar-refractivity contribution in [2.24, 2.45) is 0 Å². The number of nitrogens with zero attached hydrogens (tertiary/aromatic N) is 2. The van der Waals surface area contributed by atoms with Gasteiger partial charge in [-0.15, -0.1) is 0 Å². The lowest BCUT2D eigenvalue weighted by atomic mass is 10.2. The van der Waals surface area contributed by atoms with Crippen LogP contribution in [0.1, 0.15) is 6.42 Å². The average Bonchev–Trinajstić information content (AvgIpc) is 2.97. The summed E-state index contributed by atoms with van der Waals surface area (Å²) in [7, 11) is 2.07. The summed E-state index contributed by atoms with van der Waals surface area (Å²) in [5, 5.41) is 0. The van der Waals surface area contributed by atoms with E-state index in [9.17, 15) is 0 Å². The van der Waals surface area contributed by atoms with Crippen LogP contribution in [0.25, 0.3) is 11.0 Å². The number of hydrogen-bond acceptors (Lipinski definition) is 3. The van der Waals surface area contributed by atoms with Crippen molar-refractivity contribution in [3.63, 3.8) is 0 Å². The predicted octanol–water partition coefficient (Wildman–Crippen LogP) is 1.79. The van der Waals surface area contributed by atoms with Crippen molar-refractivity contribution < 1.29 is 4.74 Å². The number of aromatic amines is 1. The highest BCUT2D eigenvalue weighted by molar-refractivity contribution is 5.77. The number of anilines is 1. The summed E-state index contributed by atoms with van der Waals surface area (Å²) >= 11 is 0. The zero-order chi connectivity index (χ0) is 11.0. The van der Waals surface area contributed by atoms with Gasteiger partial charge in [-0.25, -0.2) is 4.98 Å². The van der Waals surface area contributed by atoms with Crippen LogP contribution in [0.4, 0.5) is 5.95 Å².